The van der Waals surface area contributed by atoms with Crippen LogP contribution in [0.4, 0.5) is 0 Å². The molecule has 24 heavy (non-hydrogen) atoms. The SMILES string of the molecule is CCOc1cc(C(=O)N2CCc3sccc3C2CC)ccc1OC. The van der Waals surface area contributed by atoms with Crippen molar-refractivity contribution in [2.45, 2.75) is 32.7 Å². The smallest absolute Gasteiger partial charge is 0.254 e. The number of hydrogen-bond acceptors (Lipinski definition) is 4. The lowest BCUT2D eigenvalue weighted by Gasteiger charge is -2.35. The van der Waals surface area contributed by atoms with Crippen molar-refractivity contribution < 1.29 is 14.3 Å². The summed E-state index contributed by atoms with van der Waals surface area (Å²) < 4.78 is 10.9. The second-order valence-corrected chi connectivity index (χ2v) is 6.77. The zero-order valence-corrected chi connectivity index (χ0v) is 15.2. The van der Waals surface area contributed by atoms with Crippen LogP contribution in [-0.2, 0) is 6.42 Å². The van der Waals surface area contributed by atoms with Crippen molar-refractivity contribution >= 4 is 17.2 Å². The van der Waals surface area contributed by atoms with Gasteiger partial charge in [-0.1, -0.05) is 6.92 Å². The summed E-state index contributed by atoms with van der Waals surface area (Å²) >= 11 is 1.79. The van der Waals surface area contributed by atoms with Gasteiger partial charge in [-0.05, 0) is 55.0 Å². The fourth-order valence-corrected chi connectivity index (χ4v) is 4.25. The van der Waals surface area contributed by atoms with Crippen molar-refractivity contribution in [3.63, 3.8) is 0 Å². The van der Waals surface area contributed by atoms with E-state index in [0.29, 0.717) is 23.7 Å². The standard InChI is InChI=1S/C19H23NO3S/c1-4-15-14-9-11-24-18(14)8-10-20(15)19(21)13-6-7-16(22-3)17(12-13)23-5-2/h6-7,9,11-12,15H,4-5,8,10H2,1-3H3. The Morgan fingerprint density at radius 3 is 2.83 bits per heavy atom. The first kappa shape index (κ1) is 16.8. The minimum atomic E-state index is 0.0577. The Balaban J connectivity index is 1.90. The number of rotatable bonds is 5. The second-order valence-electron chi connectivity index (χ2n) is 5.77. The molecule has 128 valence electrons. The summed E-state index contributed by atoms with van der Waals surface area (Å²) in [6.45, 7) is 5.36. The van der Waals surface area contributed by atoms with Crippen molar-refractivity contribution in [1.29, 1.82) is 0 Å². The number of nitrogens with zero attached hydrogens (tertiary/aromatic N) is 1. The van der Waals surface area contributed by atoms with Crippen molar-refractivity contribution in [2.75, 3.05) is 20.3 Å². The molecule has 0 aliphatic carbocycles. The molecular formula is C19H23NO3S. The average Bonchev–Trinajstić information content (AvgIpc) is 3.09. The predicted octanol–water partition coefficient (Wildman–Crippen LogP) is 4.31. The van der Waals surface area contributed by atoms with Crippen LogP contribution in [0.5, 0.6) is 11.5 Å². The van der Waals surface area contributed by atoms with E-state index in [0.717, 1.165) is 19.4 Å². The monoisotopic (exact) mass is 345 g/mol. The molecule has 1 aromatic carbocycles. The zero-order valence-electron chi connectivity index (χ0n) is 14.4. The van der Waals surface area contributed by atoms with Crippen molar-refractivity contribution in [3.05, 3.63) is 45.6 Å². The summed E-state index contributed by atoms with van der Waals surface area (Å²) in [5.41, 5.74) is 1.96. The van der Waals surface area contributed by atoms with E-state index in [9.17, 15) is 4.79 Å². The van der Waals surface area contributed by atoms with Gasteiger partial charge in [0.2, 0.25) is 0 Å². The quantitative estimate of drug-likeness (QED) is 0.811. The lowest BCUT2D eigenvalue weighted by molar-refractivity contribution is 0.0657. The molecule has 0 radical (unpaired) electrons. The Labute approximate surface area is 147 Å². The summed E-state index contributed by atoms with van der Waals surface area (Å²) in [5, 5.41) is 2.13. The van der Waals surface area contributed by atoms with Crippen molar-refractivity contribution in [2.24, 2.45) is 0 Å². The summed E-state index contributed by atoms with van der Waals surface area (Å²) in [7, 11) is 1.61. The average molecular weight is 345 g/mol. The van der Waals surface area contributed by atoms with Crippen LogP contribution in [0.15, 0.2) is 29.6 Å². The maximum absolute atomic E-state index is 13.1. The van der Waals surface area contributed by atoms with Crippen molar-refractivity contribution in [1.82, 2.24) is 4.90 Å². The third-order valence-corrected chi connectivity index (χ3v) is 5.45. The van der Waals surface area contributed by atoms with E-state index < -0.39 is 0 Å². The molecule has 0 bridgehead atoms. The summed E-state index contributed by atoms with van der Waals surface area (Å²) in [6.07, 6.45) is 1.85. The van der Waals surface area contributed by atoms with E-state index in [1.807, 2.05) is 17.9 Å². The van der Waals surface area contributed by atoms with E-state index in [1.165, 1.54) is 10.4 Å². The molecule has 1 atom stereocenters. The molecule has 2 heterocycles. The van der Waals surface area contributed by atoms with Crippen LogP contribution >= 0.6 is 11.3 Å². The molecule has 0 spiro atoms. The fourth-order valence-electron chi connectivity index (χ4n) is 3.32. The van der Waals surface area contributed by atoms with Gasteiger partial charge in [0.1, 0.15) is 0 Å². The molecule has 0 fully saturated rings. The Morgan fingerprint density at radius 2 is 2.12 bits per heavy atom. The van der Waals surface area contributed by atoms with Gasteiger partial charge in [0, 0.05) is 17.0 Å². The van der Waals surface area contributed by atoms with Crippen LogP contribution in [0.1, 0.15) is 47.1 Å². The first-order valence-electron chi connectivity index (χ1n) is 8.37. The first-order valence-corrected chi connectivity index (χ1v) is 9.25. The van der Waals surface area contributed by atoms with Gasteiger partial charge in [0.05, 0.1) is 19.8 Å². The maximum Gasteiger partial charge on any atom is 0.254 e. The predicted molar refractivity (Wildman–Crippen MR) is 96.3 cm³/mol. The largest absolute Gasteiger partial charge is 0.493 e. The Kier molecular flexibility index (Phi) is 5.09. The van der Waals surface area contributed by atoms with E-state index in [1.54, 1.807) is 30.6 Å². The van der Waals surface area contributed by atoms with Crippen LogP contribution in [-0.4, -0.2) is 31.1 Å². The number of carbonyl (C=O) groups excluding carboxylic acids is 1. The van der Waals surface area contributed by atoms with Gasteiger partial charge >= 0.3 is 0 Å². The summed E-state index contributed by atoms with van der Waals surface area (Å²) in [5.74, 6) is 1.33. The van der Waals surface area contributed by atoms with E-state index in [2.05, 4.69) is 18.4 Å². The Hall–Kier alpha value is -2.01. The number of methoxy groups -OCH3 is 1. The lowest BCUT2D eigenvalue weighted by Crippen LogP contribution is -2.39. The normalized spacial score (nSPS) is 16.6. The molecule has 5 heteroatoms. The molecule has 1 aromatic heterocycles. The molecular weight excluding hydrogens is 322 g/mol. The van der Waals surface area contributed by atoms with Crippen LogP contribution in [0.25, 0.3) is 0 Å². The Bertz CT molecular complexity index is 725. The number of amides is 1. The first-order chi connectivity index (χ1) is 11.7. The summed E-state index contributed by atoms with van der Waals surface area (Å²) in [6, 6.07) is 7.73. The van der Waals surface area contributed by atoms with Crippen LogP contribution in [0, 0.1) is 0 Å². The molecule has 1 aliphatic rings. The molecule has 0 saturated heterocycles. The molecule has 3 rings (SSSR count). The highest BCUT2D eigenvalue weighted by Crippen LogP contribution is 2.37. The minimum Gasteiger partial charge on any atom is -0.493 e. The van der Waals surface area contributed by atoms with Gasteiger partial charge in [-0.25, -0.2) is 0 Å². The fraction of sp³-hybridized carbons (Fsp3) is 0.421. The number of fused-ring (bicyclic) bond motifs is 1. The highest BCUT2D eigenvalue weighted by molar-refractivity contribution is 7.10. The molecule has 1 unspecified atom stereocenters. The van der Waals surface area contributed by atoms with Gasteiger partial charge in [0.25, 0.3) is 5.91 Å². The van der Waals surface area contributed by atoms with Gasteiger partial charge in [-0.2, -0.15) is 0 Å². The van der Waals surface area contributed by atoms with Crippen molar-refractivity contribution in [3.8, 4) is 11.5 Å². The van der Waals surface area contributed by atoms with E-state index >= 15 is 0 Å². The number of carbonyl (C=O) groups is 1. The van der Waals surface area contributed by atoms with Gasteiger partial charge in [-0.3, -0.25) is 4.79 Å². The highest BCUT2D eigenvalue weighted by atomic mass is 32.1. The molecule has 1 aliphatic heterocycles. The number of benzene rings is 1. The number of hydrogen-bond donors (Lipinski definition) is 0. The molecule has 0 saturated carbocycles. The van der Waals surface area contributed by atoms with Gasteiger partial charge in [-0.15, -0.1) is 11.3 Å². The zero-order chi connectivity index (χ0) is 17.1. The van der Waals surface area contributed by atoms with E-state index in [4.69, 9.17) is 9.47 Å². The van der Waals surface area contributed by atoms with Gasteiger partial charge < -0.3 is 14.4 Å². The second kappa shape index (κ2) is 7.26. The number of thiophene rings is 1. The lowest BCUT2D eigenvalue weighted by atomic mass is 9.97. The molecule has 1 amide bonds. The highest BCUT2D eigenvalue weighted by Gasteiger charge is 2.31. The minimum absolute atomic E-state index is 0.0577. The molecule has 4 nitrogen and oxygen atoms in total. The van der Waals surface area contributed by atoms with Gasteiger partial charge in [0.15, 0.2) is 11.5 Å². The third kappa shape index (κ3) is 3.00. The molecule has 2 aromatic rings. The summed E-state index contributed by atoms with van der Waals surface area (Å²) in [4.78, 5) is 16.5. The van der Waals surface area contributed by atoms with Crippen LogP contribution in [0.2, 0.25) is 0 Å². The van der Waals surface area contributed by atoms with Crippen LogP contribution < -0.4 is 9.47 Å². The third-order valence-electron chi connectivity index (χ3n) is 4.45. The topological polar surface area (TPSA) is 38.8 Å². The van der Waals surface area contributed by atoms with Crippen LogP contribution in [0.3, 0.4) is 0 Å². The van der Waals surface area contributed by atoms with E-state index in [-0.39, 0.29) is 11.9 Å². The molecule has 0 N–H and O–H groups in total. The Morgan fingerprint density at radius 1 is 1.29 bits per heavy atom. The maximum atomic E-state index is 13.1. The number of ether oxygens (including phenoxy) is 2.